The Morgan fingerprint density at radius 1 is 1.20 bits per heavy atom. The van der Waals surface area contributed by atoms with Crippen LogP contribution in [-0.4, -0.2) is 72.0 Å². The number of carbonyl (C=O) groups is 2. The second-order valence-electron chi connectivity index (χ2n) is 8.17. The number of β-amino-alcohol motifs (C(OH)–C–C–N with tert-alkyl or cyclic N) is 1. The topological polar surface area (TPSA) is 111 Å². The lowest BCUT2D eigenvalue weighted by Crippen LogP contribution is -2.67. The monoisotopic (exact) mass is 609 g/mol. The minimum Gasteiger partial charge on any atom is -0.481 e. The molecule has 1 heterocycles. The van der Waals surface area contributed by atoms with Gasteiger partial charge >= 0.3 is 0 Å². The Hall–Kier alpha value is -2.42. The van der Waals surface area contributed by atoms with E-state index in [-0.39, 0.29) is 36.9 Å². The molecule has 192 valence electrons. The number of aliphatic hydroxyl groups is 1. The lowest BCUT2D eigenvalue weighted by Gasteiger charge is -2.47. The summed E-state index contributed by atoms with van der Waals surface area (Å²) in [4.78, 5) is 23.2. The molecule has 0 saturated carbocycles. The Balaban J connectivity index is 0.00000100. The minimum absolute atomic E-state index is 0.0182. The number of hydrogen-bond acceptors (Lipinski definition) is 6. The summed E-state index contributed by atoms with van der Waals surface area (Å²) >= 11 is 1.92. The standard InChI is InChI=1S/C21H23F3IN3O3.C2H4O2/c1-12(8-31-2)26-9-21(30)10-28(11-21)20(29)14-4-5-15(22)18(24)19(14)27-17-6-3-13(25)7-16(17)23;1-2(3)4/h3-7,12,26-27,30H,8-11H2,1-2H3;1H3,(H,3,4). The number of aliphatic carboxylic acids is 1. The molecule has 1 atom stereocenters. The quantitative estimate of drug-likeness (QED) is 0.340. The third-order valence-corrected chi connectivity index (χ3v) is 5.64. The zero-order valence-electron chi connectivity index (χ0n) is 19.4. The van der Waals surface area contributed by atoms with Crippen molar-refractivity contribution in [1.82, 2.24) is 10.2 Å². The minimum atomic E-state index is -1.28. The smallest absolute Gasteiger partial charge is 0.300 e. The van der Waals surface area contributed by atoms with Crippen LogP contribution in [0.2, 0.25) is 0 Å². The molecule has 0 aliphatic carbocycles. The Kier molecular flexibility index (Phi) is 10.3. The average Bonchev–Trinajstić information content (AvgIpc) is 2.74. The van der Waals surface area contributed by atoms with E-state index in [0.717, 1.165) is 19.1 Å². The molecule has 0 bridgehead atoms. The van der Waals surface area contributed by atoms with Crippen LogP contribution in [0.1, 0.15) is 24.2 Å². The lowest BCUT2D eigenvalue weighted by atomic mass is 9.92. The molecule has 3 rings (SSSR count). The van der Waals surface area contributed by atoms with Gasteiger partial charge in [-0.15, -0.1) is 0 Å². The van der Waals surface area contributed by atoms with E-state index in [4.69, 9.17) is 14.6 Å². The van der Waals surface area contributed by atoms with Crippen molar-refractivity contribution in [3.63, 3.8) is 0 Å². The zero-order chi connectivity index (χ0) is 26.3. The van der Waals surface area contributed by atoms with Crippen molar-refractivity contribution in [2.24, 2.45) is 0 Å². The molecular weight excluding hydrogens is 582 g/mol. The van der Waals surface area contributed by atoms with Crippen LogP contribution in [0.25, 0.3) is 0 Å². The lowest BCUT2D eigenvalue weighted by molar-refractivity contribution is -0.134. The number of methoxy groups -OCH3 is 1. The van der Waals surface area contributed by atoms with Crippen LogP contribution in [0.3, 0.4) is 0 Å². The van der Waals surface area contributed by atoms with Gasteiger partial charge in [-0.3, -0.25) is 9.59 Å². The van der Waals surface area contributed by atoms with E-state index in [1.54, 1.807) is 13.2 Å². The van der Waals surface area contributed by atoms with Crippen LogP contribution in [0, 0.1) is 21.0 Å². The van der Waals surface area contributed by atoms with Crippen LogP contribution in [-0.2, 0) is 9.53 Å². The Bertz CT molecular complexity index is 1060. The van der Waals surface area contributed by atoms with Gasteiger partial charge in [-0.05, 0) is 59.8 Å². The first kappa shape index (κ1) is 28.8. The number of hydrogen-bond donors (Lipinski definition) is 4. The third kappa shape index (κ3) is 8.05. The van der Waals surface area contributed by atoms with Gasteiger partial charge < -0.3 is 30.5 Å². The van der Waals surface area contributed by atoms with E-state index in [9.17, 15) is 23.1 Å². The van der Waals surface area contributed by atoms with Crippen LogP contribution in [0.4, 0.5) is 24.5 Å². The average molecular weight is 609 g/mol. The number of rotatable bonds is 8. The number of carboxylic acid groups (broad SMARTS) is 1. The van der Waals surface area contributed by atoms with Crippen molar-refractivity contribution < 1.29 is 37.7 Å². The van der Waals surface area contributed by atoms with Crippen molar-refractivity contribution in [3.8, 4) is 0 Å². The molecule has 0 spiro atoms. The number of anilines is 2. The molecule has 8 nitrogen and oxygen atoms in total. The number of halogens is 4. The molecule has 0 aromatic heterocycles. The highest BCUT2D eigenvalue weighted by molar-refractivity contribution is 14.1. The van der Waals surface area contributed by atoms with Gasteiger partial charge in [0.1, 0.15) is 11.4 Å². The molecule has 1 unspecified atom stereocenters. The van der Waals surface area contributed by atoms with Crippen LogP contribution in [0.5, 0.6) is 0 Å². The molecule has 12 heteroatoms. The molecule has 2 aromatic carbocycles. The number of nitrogens with one attached hydrogen (secondary N) is 2. The maximum Gasteiger partial charge on any atom is 0.300 e. The Morgan fingerprint density at radius 2 is 1.83 bits per heavy atom. The summed E-state index contributed by atoms with van der Waals surface area (Å²) < 4.78 is 48.3. The van der Waals surface area contributed by atoms with Gasteiger partial charge in [0.15, 0.2) is 11.6 Å². The van der Waals surface area contributed by atoms with Gasteiger partial charge in [0, 0.05) is 30.2 Å². The summed E-state index contributed by atoms with van der Waals surface area (Å²) in [5.41, 5.74) is -1.83. The number of carbonyl (C=O) groups excluding carboxylic acids is 1. The maximum absolute atomic E-state index is 14.5. The summed E-state index contributed by atoms with van der Waals surface area (Å²) in [6.45, 7) is 3.75. The fourth-order valence-electron chi connectivity index (χ4n) is 3.34. The fourth-order valence-corrected chi connectivity index (χ4v) is 3.79. The van der Waals surface area contributed by atoms with E-state index >= 15 is 0 Å². The first-order chi connectivity index (χ1) is 16.4. The SMILES string of the molecule is CC(=O)O.COCC(C)NCC1(O)CN(C(=O)c2ccc(F)c(F)c2Nc2ccc(I)cc2F)C1. The zero-order valence-corrected chi connectivity index (χ0v) is 21.5. The molecule has 1 aliphatic heterocycles. The van der Waals surface area contributed by atoms with E-state index in [0.29, 0.717) is 10.2 Å². The molecule has 1 aliphatic rings. The predicted molar refractivity (Wildman–Crippen MR) is 132 cm³/mol. The fraction of sp³-hybridized carbons (Fsp3) is 0.391. The summed E-state index contributed by atoms with van der Waals surface area (Å²) in [7, 11) is 1.58. The van der Waals surface area contributed by atoms with Crippen LogP contribution in [0.15, 0.2) is 30.3 Å². The second kappa shape index (κ2) is 12.5. The van der Waals surface area contributed by atoms with E-state index < -0.39 is 40.6 Å². The molecule has 1 amide bonds. The van der Waals surface area contributed by atoms with Gasteiger partial charge in [-0.1, -0.05) is 0 Å². The molecule has 35 heavy (non-hydrogen) atoms. The highest BCUT2D eigenvalue weighted by Crippen LogP contribution is 2.31. The third-order valence-electron chi connectivity index (χ3n) is 4.97. The molecule has 2 aromatic rings. The number of carboxylic acids is 1. The normalized spacial score (nSPS) is 14.9. The second-order valence-corrected chi connectivity index (χ2v) is 9.42. The van der Waals surface area contributed by atoms with Gasteiger partial charge in [-0.2, -0.15) is 0 Å². The number of likely N-dealkylation sites (tertiary alicyclic amines) is 1. The van der Waals surface area contributed by atoms with E-state index in [2.05, 4.69) is 10.6 Å². The number of ether oxygens (including phenoxy) is 1. The van der Waals surface area contributed by atoms with Crippen molar-refractivity contribution in [3.05, 3.63) is 56.9 Å². The molecule has 1 saturated heterocycles. The summed E-state index contributed by atoms with van der Waals surface area (Å²) in [6, 6.07) is 6.21. The van der Waals surface area contributed by atoms with E-state index in [1.807, 2.05) is 29.5 Å². The van der Waals surface area contributed by atoms with Crippen molar-refractivity contribution >= 4 is 45.8 Å². The van der Waals surface area contributed by atoms with Crippen LogP contribution >= 0.6 is 22.6 Å². The van der Waals surface area contributed by atoms with Crippen molar-refractivity contribution in [2.75, 3.05) is 38.7 Å². The maximum atomic E-state index is 14.5. The molecular formula is C23H27F3IN3O5. The first-order valence-corrected chi connectivity index (χ1v) is 11.6. The van der Waals surface area contributed by atoms with Crippen LogP contribution < -0.4 is 10.6 Å². The van der Waals surface area contributed by atoms with Gasteiger partial charge in [0.05, 0.1) is 36.6 Å². The van der Waals surface area contributed by atoms with Crippen molar-refractivity contribution in [2.45, 2.75) is 25.5 Å². The summed E-state index contributed by atoms with van der Waals surface area (Å²) in [5.74, 6) is -4.54. The number of benzene rings is 2. The highest BCUT2D eigenvalue weighted by atomic mass is 127. The summed E-state index contributed by atoms with van der Waals surface area (Å²) in [6.07, 6.45) is 0. The van der Waals surface area contributed by atoms with Gasteiger partial charge in [0.25, 0.3) is 11.9 Å². The van der Waals surface area contributed by atoms with Gasteiger partial charge in [-0.25, -0.2) is 13.2 Å². The first-order valence-electron chi connectivity index (χ1n) is 10.5. The molecule has 1 fully saturated rings. The summed E-state index contributed by atoms with van der Waals surface area (Å²) in [5, 5.41) is 23.6. The largest absolute Gasteiger partial charge is 0.481 e. The van der Waals surface area contributed by atoms with E-state index in [1.165, 1.54) is 17.0 Å². The highest BCUT2D eigenvalue weighted by Gasteiger charge is 2.44. The Labute approximate surface area is 214 Å². The van der Waals surface area contributed by atoms with Crippen molar-refractivity contribution in [1.29, 1.82) is 0 Å². The number of nitrogens with zero attached hydrogens (tertiary/aromatic N) is 1. The Morgan fingerprint density at radius 3 is 2.40 bits per heavy atom. The number of amides is 1. The molecule has 4 N–H and O–H groups in total. The predicted octanol–water partition coefficient (Wildman–Crippen LogP) is 3.35. The molecule has 0 radical (unpaired) electrons. The van der Waals surface area contributed by atoms with Gasteiger partial charge in [0.2, 0.25) is 0 Å².